The lowest BCUT2D eigenvalue weighted by molar-refractivity contribution is 0.359. The maximum absolute atomic E-state index is 5.89. The summed E-state index contributed by atoms with van der Waals surface area (Å²) in [7, 11) is 0. The molecule has 2 nitrogen and oxygen atoms in total. The molecule has 0 aromatic carbocycles. The zero-order valence-electron chi connectivity index (χ0n) is 7.92. The largest absolute Gasteiger partial charge is 0.489 e. The number of nitrogens with zero attached hydrogens (tertiary/aromatic N) is 1. The number of halogens is 1. The fourth-order valence-corrected chi connectivity index (χ4v) is 1.95. The Labute approximate surface area is 88.6 Å². The molecule has 0 aliphatic heterocycles. The SMILES string of the molecule is C=CCOc1cc(Cl)nc2c1CCC2. The predicted octanol–water partition coefficient (Wildman–Crippen LogP) is 2.79. The Morgan fingerprint density at radius 1 is 1.57 bits per heavy atom. The summed E-state index contributed by atoms with van der Waals surface area (Å²) in [5.41, 5.74) is 2.31. The van der Waals surface area contributed by atoms with Crippen LogP contribution in [0.15, 0.2) is 18.7 Å². The fraction of sp³-hybridized carbons (Fsp3) is 0.364. The van der Waals surface area contributed by atoms with Crippen LogP contribution < -0.4 is 4.74 Å². The lowest BCUT2D eigenvalue weighted by Crippen LogP contribution is -1.99. The molecule has 0 fully saturated rings. The first-order chi connectivity index (χ1) is 6.81. The Kier molecular flexibility index (Phi) is 2.73. The number of ether oxygens (including phenoxy) is 1. The van der Waals surface area contributed by atoms with E-state index in [2.05, 4.69) is 11.6 Å². The summed E-state index contributed by atoms with van der Waals surface area (Å²) in [6.07, 6.45) is 4.94. The quantitative estimate of drug-likeness (QED) is 0.564. The van der Waals surface area contributed by atoms with Crippen LogP contribution >= 0.6 is 11.6 Å². The van der Waals surface area contributed by atoms with Gasteiger partial charge in [-0.3, -0.25) is 0 Å². The van der Waals surface area contributed by atoms with Crippen molar-refractivity contribution in [3.63, 3.8) is 0 Å². The molecule has 0 unspecified atom stereocenters. The third-order valence-electron chi connectivity index (χ3n) is 2.33. The van der Waals surface area contributed by atoms with Gasteiger partial charge in [0.05, 0.1) is 0 Å². The van der Waals surface area contributed by atoms with E-state index in [4.69, 9.17) is 16.3 Å². The molecule has 3 heteroatoms. The van der Waals surface area contributed by atoms with E-state index in [1.54, 1.807) is 12.1 Å². The number of aromatic nitrogens is 1. The number of hydrogen-bond acceptors (Lipinski definition) is 2. The van der Waals surface area contributed by atoms with Crippen molar-refractivity contribution in [2.24, 2.45) is 0 Å². The molecule has 0 spiro atoms. The summed E-state index contributed by atoms with van der Waals surface area (Å²) in [6, 6.07) is 1.79. The first-order valence-corrected chi connectivity index (χ1v) is 5.11. The van der Waals surface area contributed by atoms with Gasteiger partial charge in [0.25, 0.3) is 0 Å². The van der Waals surface area contributed by atoms with Crippen molar-refractivity contribution in [3.8, 4) is 5.75 Å². The van der Waals surface area contributed by atoms with Gasteiger partial charge < -0.3 is 4.74 Å². The highest BCUT2D eigenvalue weighted by molar-refractivity contribution is 6.29. The predicted molar refractivity (Wildman–Crippen MR) is 57.0 cm³/mol. The molecule has 0 radical (unpaired) electrons. The van der Waals surface area contributed by atoms with Gasteiger partial charge in [-0.15, -0.1) is 0 Å². The minimum absolute atomic E-state index is 0.518. The minimum Gasteiger partial charge on any atom is -0.489 e. The molecule has 1 heterocycles. The van der Waals surface area contributed by atoms with Gasteiger partial charge in [0.1, 0.15) is 17.5 Å². The highest BCUT2D eigenvalue weighted by atomic mass is 35.5. The van der Waals surface area contributed by atoms with E-state index in [-0.39, 0.29) is 0 Å². The van der Waals surface area contributed by atoms with Gasteiger partial charge >= 0.3 is 0 Å². The molecule has 0 N–H and O–H groups in total. The first kappa shape index (κ1) is 9.53. The molecule has 0 amide bonds. The third-order valence-corrected chi connectivity index (χ3v) is 2.53. The molecule has 2 rings (SSSR count). The highest BCUT2D eigenvalue weighted by Crippen LogP contribution is 2.31. The molecular formula is C11H12ClNO. The molecule has 1 aliphatic carbocycles. The molecule has 14 heavy (non-hydrogen) atoms. The molecule has 0 saturated carbocycles. The first-order valence-electron chi connectivity index (χ1n) is 4.73. The zero-order valence-corrected chi connectivity index (χ0v) is 8.68. The van der Waals surface area contributed by atoms with Crippen molar-refractivity contribution < 1.29 is 4.74 Å². The summed E-state index contributed by atoms with van der Waals surface area (Å²) in [5.74, 6) is 0.873. The number of rotatable bonds is 3. The highest BCUT2D eigenvalue weighted by Gasteiger charge is 2.18. The molecule has 0 atom stereocenters. The van der Waals surface area contributed by atoms with Crippen molar-refractivity contribution in [2.45, 2.75) is 19.3 Å². The molecule has 74 valence electrons. The third kappa shape index (κ3) is 1.75. The van der Waals surface area contributed by atoms with Crippen LogP contribution in [0.25, 0.3) is 0 Å². The second kappa shape index (κ2) is 4.01. The number of aryl methyl sites for hydroxylation is 1. The maximum atomic E-state index is 5.89. The Morgan fingerprint density at radius 2 is 2.43 bits per heavy atom. The summed E-state index contributed by atoms with van der Waals surface area (Å²) < 4.78 is 5.54. The lowest BCUT2D eigenvalue weighted by atomic mass is 10.2. The molecule has 1 aromatic rings. The number of pyridine rings is 1. The van der Waals surface area contributed by atoms with Crippen LogP contribution in [0, 0.1) is 0 Å². The number of fused-ring (bicyclic) bond motifs is 1. The van der Waals surface area contributed by atoms with Gasteiger partial charge in [-0.1, -0.05) is 24.3 Å². The van der Waals surface area contributed by atoms with E-state index in [0.717, 1.165) is 30.7 Å². The average Bonchev–Trinajstić information content (AvgIpc) is 2.61. The Balaban J connectivity index is 2.33. The van der Waals surface area contributed by atoms with Crippen molar-refractivity contribution in [2.75, 3.05) is 6.61 Å². The molecule has 0 saturated heterocycles. The maximum Gasteiger partial charge on any atom is 0.133 e. The van der Waals surface area contributed by atoms with E-state index in [1.807, 2.05) is 0 Å². The van der Waals surface area contributed by atoms with Gasteiger partial charge in [0, 0.05) is 17.3 Å². The van der Waals surface area contributed by atoms with Crippen molar-refractivity contribution in [1.29, 1.82) is 0 Å². The standard InChI is InChI=1S/C11H12ClNO/c1-2-6-14-10-7-11(12)13-9-5-3-4-8(9)10/h2,7H,1,3-6H2. The van der Waals surface area contributed by atoms with Gasteiger partial charge in [0.2, 0.25) is 0 Å². The van der Waals surface area contributed by atoms with E-state index in [9.17, 15) is 0 Å². The van der Waals surface area contributed by atoms with Gasteiger partial charge in [-0.2, -0.15) is 0 Å². The van der Waals surface area contributed by atoms with Crippen molar-refractivity contribution in [1.82, 2.24) is 4.98 Å². The smallest absolute Gasteiger partial charge is 0.133 e. The summed E-state index contributed by atoms with van der Waals surface area (Å²) >= 11 is 5.89. The van der Waals surface area contributed by atoms with Crippen LogP contribution in [0.1, 0.15) is 17.7 Å². The number of hydrogen-bond donors (Lipinski definition) is 0. The van der Waals surface area contributed by atoms with Crippen LogP contribution in [0.4, 0.5) is 0 Å². The summed E-state index contributed by atoms with van der Waals surface area (Å²) in [4.78, 5) is 4.28. The van der Waals surface area contributed by atoms with Crippen LogP contribution in [0.5, 0.6) is 5.75 Å². The van der Waals surface area contributed by atoms with Crippen LogP contribution in [0.3, 0.4) is 0 Å². The Hall–Kier alpha value is -1.02. The molecule has 1 aromatic heterocycles. The van der Waals surface area contributed by atoms with Gasteiger partial charge in [-0.05, 0) is 19.3 Å². The zero-order chi connectivity index (χ0) is 9.97. The second-order valence-electron chi connectivity index (χ2n) is 3.32. The second-order valence-corrected chi connectivity index (χ2v) is 3.71. The summed E-state index contributed by atoms with van der Waals surface area (Å²) in [5, 5.41) is 0.518. The molecule has 1 aliphatic rings. The van der Waals surface area contributed by atoms with E-state index >= 15 is 0 Å². The fourth-order valence-electron chi connectivity index (χ4n) is 1.75. The average molecular weight is 210 g/mol. The lowest BCUT2D eigenvalue weighted by Gasteiger charge is -2.08. The van der Waals surface area contributed by atoms with E-state index < -0.39 is 0 Å². The normalized spacial score (nSPS) is 13.8. The van der Waals surface area contributed by atoms with Crippen LogP contribution in [-0.4, -0.2) is 11.6 Å². The molecular weight excluding hydrogens is 198 g/mol. The van der Waals surface area contributed by atoms with E-state index in [1.165, 1.54) is 5.56 Å². The van der Waals surface area contributed by atoms with Crippen LogP contribution in [0.2, 0.25) is 5.15 Å². The minimum atomic E-state index is 0.518. The topological polar surface area (TPSA) is 22.1 Å². The molecule has 0 bridgehead atoms. The Bertz CT molecular complexity index is 363. The van der Waals surface area contributed by atoms with Gasteiger partial charge in [0.15, 0.2) is 0 Å². The summed E-state index contributed by atoms with van der Waals surface area (Å²) in [6.45, 7) is 4.14. The van der Waals surface area contributed by atoms with Crippen molar-refractivity contribution in [3.05, 3.63) is 35.1 Å². The van der Waals surface area contributed by atoms with E-state index in [0.29, 0.717) is 11.8 Å². The van der Waals surface area contributed by atoms with Crippen molar-refractivity contribution >= 4 is 11.6 Å². The van der Waals surface area contributed by atoms with Gasteiger partial charge in [-0.25, -0.2) is 4.98 Å². The monoisotopic (exact) mass is 209 g/mol. The Morgan fingerprint density at radius 3 is 3.21 bits per heavy atom. The van der Waals surface area contributed by atoms with Crippen LogP contribution in [-0.2, 0) is 12.8 Å².